The van der Waals surface area contributed by atoms with Crippen molar-refractivity contribution in [2.45, 2.75) is 334 Å². The van der Waals surface area contributed by atoms with Crippen molar-refractivity contribution in [1.82, 2.24) is 5.32 Å². The average Bonchev–Trinajstić information content (AvgIpc) is 3.32. The molecule has 2 unspecified atom stereocenters. The second-order valence-electron chi connectivity index (χ2n) is 20.3. The minimum atomic E-state index is -0.681. The first kappa shape index (κ1) is 64.3. The van der Waals surface area contributed by atoms with E-state index < -0.39 is 12.1 Å². The number of rotatable bonds is 55. The van der Waals surface area contributed by atoms with Gasteiger partial charge in [0.2, 0.25) is 5.91 Å². The van der Waals surface area contributed by atoms with Crippen molar-refractivity contribution >= 4 is 11.9 Å². The molecule has 0 bridgehead atoms. The topological polar surface area (TPSA) is 95.9 Å². The van der Waals surface area contributed by atoms with Gasteiger partial charge in [-0.15, -0.1) is 0 Å². The van der Waals surface area contributed by atoms with Gasteiger partial charge in [-0.2, -0.15) is 0 Å². The standard InChI is InChI=1S/C60H115NO5/c1-3-5-7-9-11-13-15-17-19-21-22-23-25-26-28-32-36-40-44-48-52-58(63)57(56-62)61-59(64)53-49-45-41-37-33-30-31-35-39-43-47-51-55-66-60(65)54-50-46-42-38-34-29-27-24-20-18-16-14-12-10-8-6-4-2/h18,20,31,35,57-58,62-63H,3-17,19,21-30,32-34,36-56H2,1-2H3,(H,61,64)/b20-18-,35-31-. The van der Waals surface area contributed by atoms with Crippen LogP contribution in [-0.2, 0) is 14.3 Å². The molecule has 0 heterocycles. The summed E-state index contributed by atoms with van der Waals surface area (Å²) < 4.78 is 5.46. The highest BCUT2D eigenvalue weighted by Gasteiger charge is 2.20. The third kappa shape index (κ3) is 51.7. The maximum atomic E-state index is 12.5. The van der Waals surface area contributed by atoms with E-state index >= 15 is 0 Å². The summed E-state index contributed by atoms with van der Waals surface area (Å²) in [6.45, 7) is 4.91. The zero-order chi connectivity index (χ0) is 47.9. The second kappa shape index (κ2) is 55.9. The Kier molecular flexibility index (Phi) is 54.5. The van der Waals surface area contributed by atoms with Crippen molar-refractivity contribution in [2.75, 3.05) is 13.2 Å². The summed E-state index contributed by atoms with van der Waals surface area (Å²) in [7, 11) is 0. The lowest BCUT2D eigenvalue weighted by atomic mass is 10.0. The molecular weight excluding hydrogens is 815 g/mol. The van der Waals surface area contributed by atoms with Crippen LogP contribution in [0, 0.1) is 0 Å². The van der Waals surface area contributed by atoms with Gasteiger partial charge in [-0.05, 0) is 83.5 Å². The Morgan fingerprint density at radius 3 is 1.08 bits per heavy atom. The molecule has 3 N–H and O–H groups in total. The van der Waals surface area contributed by atoms with Gasteiger partial charge in [0.1, 0.15) is 0 Å². The molecule has 0 spiro atoms. The Labute approximate surface area is 411 Å². The fraction of sp³-hybridized carbons (Fsp3) is 0.900. The number of amides is 1. The van der Waals surface area contributed by atoms with Crippen LogP contribution in [0.4, 0.5) is 0 Å². The number of allylic oxidation sites excluding steroid dienone is 4. The van der Waals surface area contributed by atoms with Crippen molar-refractivity contribution < 1.29 is 24.5 Å². The Bertz CT molecular complexity index is 1030. The molecule has 390 valence electrons. The molecule has 0 aromatic carbocycles. The number of nitrogens with one attached hydrogen (secondary N) is 1. The molecule has 0 aliphatic heterocycles. The van der Waals surface area contributed by atoms with E-state index in [0.717, 1.165) is 77.0 Å². The lowest BCUT2D eigenvalue weighted by Gasteiger charge is -2.22. The third-order valence-electron chi connectivity index (χ3n) is 13.7. The first-order chi connectivity index (χ1) is 32.5. The Morgan fingerprint density at radius 1 is 0.409 bits per heavy atom. The number of carbonyl (C=O) groups is 2. The summed E-state index contributed by atoms with van der Waals surface area (Å²) in [5.74, 6) is -0.0837. The summed E-state index contributed by atoms with van der Waals surface area (Å²) >= 11 is 0. The molecule has 0 radical (unpaired) electrons. The molecule has 6 heteroatoms. The van der Waals surface area contributed by atoms with E-state index in [1.54, 1.807) is 0 Å². The van der Waals surface area contributed by atoms with Crippen LogP contribution in [0.5, 0.6) is 0 Å². The Balaban J connectivity index is 3.49. The molecule has 0 rings (SSSR count). The molecule has 0 aliphatic carbocycles. The number of aliphatic hydroxyl groups is 2. The normalized spacial score (nSPS) is 12.7. The van der Waals surface area contributed by atoms with Crippen LogP contribution in [0.1, 0.15) is 322 Å². The predicted octanol–water partition coefficient (Wildman–Crippen LogP) is 18.2. The van der Waals surface area contributed by atoms with Crippen molar-refractivity contribution in [1.29, 1.82) is 0 Å². The van der Waals surface area contributed by atoms with Crippen LogP contribution in [0.3, 0.4) is 0 Å². The lowest BCUT2D eigenvalue weighted by Crippen LogP contribution is -2.45. The summed E-state index contributed by atoms with van der Waals surface area (Å²) in [5, 5.41) is 23.3. The van der Waals surface area contributed by atoms with Crippen LogP contribution in [-0.4, -0.2) is 47.4 Å². The zero-order valence-corrected chi connectivity index (χ0v) is 44.4. The number of hydrogen-bond acceptors (Lipinski definition) is 5. The summed E-state index contributed by atoms with van der Waals surface area (Å²) in [5.41, 5.74) is 0. The highest BCUT2D eigenvalue weighted by Crippen LogP contribution is 2.17. The van der Waals surface area contributed by atoms with Crippen LogP contribution in [0.15, 0.2) is 24.3 Å². The number of aliphatic hydroxyl groups excluding tert-OH is 2. The van der Waals surface area contributed by atoms with Gasteiger partial charge in [0.05, 0.1) is 25.4 Å². The van der Waals surface area contributed by atoms with E-state index in [1.165, 1.54) is 212 Å². The first-order valence-corrected chi connectivity index (χ1v) is 29.6. The largest absolute Gasteiger partial charge is 0.466 e. The first-order valence-electron chi connectivity index (χ1n) is 29.6. The molecule has 0 saturated carbocycles. The summed E-state index contributed by atoms with van der Waals surface area (Å²) in [4.78, 5) is 24.6. The van der Waals surface area contributed by atoms with Gasteiger partial charge in [0.25, 0.3) is 0 Å². The number of carbonyl (C=O) groups excluding carboxylic acids is 2. The van der Waals surface area contributed by atoms with E-state index in [2.05, 4.69) is 43.5 Å². The quantitative estimate of drug-likeness (QED) is 0.0321. The van der Waals surface area contributed by atoms with Gasteiger partial charge >= 0.3 is 5.97 Å². The lowest BCUT2D eigenvalue weighted by molar-refractivity contribution is -0.143. The molecule has 0 aromatic heterocycles. The van der Waals surface area contributed by atoms with Gasteiger partial charge < -0.3 is 20.3 Å². The van der Waals surface area contributed by atoms with Crippen molar-refractivity contribution in [3.63, 3.8) is 0 Å². The van der Waals surface area contributed by atoms with Crippen LogP contribution in [0.25, 0.3) is 0 Å². The van der Waals surface area contributed by atoms with Crippen LogP contribution >= 0.6 is 0 Å². The Morgan fingerprint density at radius 2 is 0.712 bits per heavy atom. The average molecular weight is 931 g/mol. The maximum Gasteiger partial charge on any atom is 0.305 e. The van der Waals surface area contributed by atoms with Gasteiger partial charge in [-0.1, -0.05) is 250 Å². The van der Waals surface area contributed by atoms with E-state index in [1.807, 2.05) is 0 Å². The molecule has 0 aliphatic rings. The van der Waals surface area contributed by atoms with Gasteiger partial charge in [-0.3, -0.25) is 9.59 Å². The number of esters is 1. The number of unbranched alkanes of at least 4 members (excludes halogenated alkanes) is 40. The predicted molar refractivity (Wildman–Crippen MR) is 287 cm³/mol. The minimum absolute atomic E-state index is 0.0253. The summed E-state index contributed by atoms with van der Waals surface area (Å²) in [6, 6.07) is -0.561. The molecular formula is C60H115NO5. The summed E-state index contributed by atoms with van der Waals surface area (Å²) in [6.07, 6.45) is 67.4. The molecule has 2 atom stereocenters. The number of hydrogen-bond donors (Lipinski definition) is 3. The molecule has 1 amide bonds. The molecule has 0 fully saturated rings. The van der Waals surface area contributed by atoms with Gasteiger partial charge in [-0.25, -0.2) is 0 Å². The molecule has 66 heavy (non-hydrogen) atoms. The SMILES string of the molecule is CCCCCCCC/C=C\CCCCCCCCCC(=O)OCCCCC/C=C\CCCCCCCC(=O)NC(CO)C(O)CCCCCCCCCCCCCCCCCCCCCC. The van der Waals surface area contributed by atoms with Crippen LogP contribution < -0.4 is 5.32 Å². The monoisotopic (exact) mass is 930 g/mol. The van der Waals surface area contributed by atoms with E-state index in [-0.39, 0.29) is 18.5 Å². The van der Waals surface area contributed by atoms with Crippen LogP contribution in [0.2, 0.25) is 0 Å². The van der Waals surface area contributed by atoms with Gasteiger partial charge in [0, 0.05) is 12.8 Å². The van der Waals surface area contributed by atoms with E-state index in [4.69, 9.17) is 4.74 Å². The smallest absolute Gasteiger partial charge is 0.305 e. The fourth-order valence-corrected chi connectivity index (χ4v) is 9.16. The number of ether oxygens (including phenoxy) is 1. The molecule has 0 aromatic rings. The minimum Gasteiger partial charge on any atom is -0.466 e. The zero-order valence-electron chi connectivity index (χ0n) is 44.4. The van der Waals surface area contributed by atoms with Crippen molar-refractivity contribution in [3.05, 3.63) is 24.3 Å². The third-order valence-corrected chi connectivity index (χ3v) is 13.7. The fourth-order valence-electron chi connectivity index (χ4n) is 9.16. The maximum absolute atomic E-state index is 12.5. The van der Waals surface area contributed by atoms with E-state index in [0.29, 0.717) is 25.9 Å². The molecule has 0 saturated heterocycles. The van der Waals surface area contributed by atoms with E-state index in [9.17, 15) is 19.8 Å². The highest BCUT2D eigenvalue weighted by molar-refractivity contribution is 5.76. The Hall–Kier alpha value is -1.66. The van der Waals surface area contributed by atoms with Gasteiger partial charge in [0.15, 0.2) is 0 Å². The molecule has 6 nitrogen and oxygen atoms in total. The second-order valence-corrected chi connectivity index (χ2v) is 20.3. The highest BCUT2D eigenvalue weighted by atomic mass is 16.5. The van der Waals surface area contributed by atoms with Crippen molar-refractivity contribution in [2.24, 2.45) is 0 Å². The van der Waals surface area contributed by atoms with Crippen molar-refractivity contribution in [3.8, 4) is 0 Å².